The van der Waals surface area contributed by atoms with Crippen molar-refractivity contribution in [2.75, 3.05) is 13.2 Å². The third-order valence-corrected chi connectivity index (χ3v) is 4.60. The summed E-state index contributed by atoms with van der Waals surface area (Å²) in [6.45, 7) is 4.01. The fourth-order valence-corrected chi connectivity index (χ4v) is 3.36. The van der Waals surface area contributed by atoms with E-state index in [0.29, 0.717) is 19.0 Å². The van der Waals surface area contributed by atoms with Gasteiger partial charge in [-0.15, -0.1) is 0 Å². The normalized spacial score (nSPS) is 20.7. The van der Waals surface area contributed by atoms with Gasteiger partial charge in [0, 0.05) is 17.6 Å². The molecule has 2 aliphatic rings. The van der Waals surface area contributed by atoms with Gasteiger partial charge in [-0.05, 0) is 30.9 Å². The highest BCUT2D eigenvalue weighted by molar-refractivity contribution is 5.84. The van der Waals surface area contributed by atoms with Crippen LogP contribution in [-0.4, -0.2) is 35.2 Å². The Morgan fingerprint density at radius 2 is 2.30 bits per heavy atom. The number of ether oxygens (including phenoxy) is 2. The lowest BCUT2D eigenvalue weighted by Gasteiger charge is -2.29. The Morgan fingerprint density at radius 3 is 3.09 bits per heavy atom. The van der Waals surface area contributed by atoms with Gasteiger partial charge in [-0.2, -0.15) is 0 Å². The molecule has 0 N–H and O–H groups in total. The van der Waals surface area contributed by atoms with Crippen LogP contribution in [-0.2, 0) is 17.7 Å². The molecule has 0 unspecified atom stereocenters. The molecule has 1 amide bonds. The zero-order chi connectivity index (χ0) is 15.8. The summed E-state index contributed by atoms with van der Waals surface area (Å²) in [6, 6.07) is 8.26. The van der Waals surface area contributed by atoms with Crippen LogP contribution in [0.15, 0.2) is 24.3 Å². The predicted octanol–water partition coefficient (Wildman–Crippen LogP) is 3.29. The molecule has 23 heavy (non-hydrogen) atoms. The van der Waals surface area contributed by atoms with E-state index in [2.05, 4.69) is 30.1 Å². The minimum absolute atomic E-state index is 0.129. The minimum atomic E-state index is -0.325. The van der Waals surface area contributed by atoms with Crippen LogP contribution in [0.4, 0.5) is 4.79 Å². The largest absolute Gasteiger partial charge is 0.416 e. The first-order valence-corrected chi connectivity index (χ1v) is 8.24. The van der Waals surface area contributed by atoms with Crippen LogP contribution in [0, 0.1) is 0 Å². The van der Waals surface area contributed by atoms with E-state index in [1.54, 1.807) is 4.90 Å². The number of para-hydroxylation sites is 1. The van der Waals surface area contributed by atoms with Crippen molar-refractivity contribution in [3.63, 3.8) is 0 Å². The second-order valence-corrected chi connectivity index (χ2v) is 6.18. The predicted molar refractivity (Wildman–Crippen MR) is 86.5 cm³/mol. The molecule has 5 nitrogen and oxygen atoms in total. The van der Waals surface area contributed by atoms with Crippen molar-refractivity contribution in [3.05, 3.63) is 35.4 Å². The Morgan fingerprint density at radius 1 is 1.39 bits per heavy atom. The van der Waals surface area contributed by atoms with Gasteiger partial charge >= 0.3 is 6.09 Å². The number of hydrogen-bond acceptors (Lipinski definition) is 4. The maximum Gasteiger partial charge on any atom is 0.416 e. The maximum atomic E-state index is 12.2. The zero-order valence-corrected chi connectivity index (χ0v) is 13.2. The molecule has 5 heteroatoms. The first kappa shape index (κ1) is 14.5. The summed E-state index contributed by atoms with van der Waals surface area (Å²) >= 11 is 0. The molecule has 0 saturated carbocycles. The van der Waals surface area contributed by atoms with Gasteiger partial charge in [-0.1, -0.05) is 25.1 Å². The average molecular weight is 312 g/mol. The second-order valence-electron chi connectivity index (χ2n) is 6.18. The van der Waals surface area contributed by atoms with Gasteiger partial charge in [-0.25, -0.2) is 9.78 Å². The third kappa shape index (κ3) is 2.65. The summed E-state index contributed by atoms with van der Waals surface area (Å²) in [5, 5.41) is 1.10. The topological polar surface area (TPSA) is 51.7 Å². The Hall–Kier alpha value is -2.14. The van der Waals surface area contributed by atoms with Crippen LogP contribution < -0.4 is 4.74 Å². The lowest BCUT2D eigenvalue weighted by molar-refractivity contribution is 0.0641. The van der Waals surface area contributed by atoms with Crippen molar-refractivity contribution in [1.29, 1.82) is 0 Å². The molecule has 1 fully saturated rings. The van der Waals surface area contributed by atoms with Gasteiger partial charge in [0.25, 0.3) is 0 Å². The molecule has 0 aliphatic carbocycles. The number of nitrogens with zero attached hydrogens (tertiary/aromatic N) is 2. The number of rotatable bonds is 3. The maximum absolute atomic E-state index is 12.2. The van der Waals surface area contributed by atoms with E-state index in [9.17, 15) is 4.79 Å². The molecule has 3 heterocycles. The van der Waals surface area contributed by atoms with E-state index in [-0.39, 0.29) is 12.2 Å². The van der Waals surface area contributed by atoms with Crippen molar-refractivity contribution in [3.8, 4) is 5.88 Å². The highest BCUT2D eigenvalue weighted by Gasteiger charge is 2.30. The number of amides is 1. The first-order valence-electron chi connectivity index (χ1n) is 8.24. The molecule has 1 atom stereocenters. The van der Waals surface area contributed by atoms with Crippen molar-refractivity contribution in [2.24, 2.45) is 0 Å². The summed E-state index contributed by atoms with van der Waals surface area (Å²) in [4.78, 5) is 18.6. The third-order valence-electron chi connectivity index (χ3n) is 4.60. The number of carbonyl (C=O) groups is 1. The highest BCUT2D eigenvalue weighted by Crippen LogP contribution is 2.30. The van der Waals surface area contributed by atoms with E-state index in [4.69, 9.17) is 9.47 Å². The number of aryl methyl sites for hydroxylation is 1. The van der Waals surface area contributed by atoms with Crippen LogP contribution in [0.2, 0.25) is 0 Å². The number of carbonyl (C=O) groups excluding carboxylic acids is 1. The summed E-state index contributed by atoms with van der Waals surface area (Å²) in [5.41, 5.74) is 3.06. The van der Waals surface area contributed by atoms with E-state index < -0.39 is 0 Å². The van der Waals surface area contributed by atoms with E-state index in [1.807, 2.05) is 6.07 Å². The minimum Gasteiger partial charge on any atom is -0.391 e. The number of fused-ring (bicyclic) bond motifs is 2. The van der Waals surface area contributed by atoms with Crippen LogP contribution >= 0.6 is 0 Å². The van der Waals surface area contributed by atoms with Gasteiger partial charge in [0.2, 0.25) is 5.88 Å². The zero-order valence-electron chi connectivity index (χ0n) is 13.2. The molecule has 0 spiro atoms. The average Bonchev–Trinajstić information content (AvgIpc) is 3.06. The summed E-state index contributed by atoms with van der Waals surface area (Å²) in [7, 11) is 0. The second kappa shape index (κ2) is 5.81. The smallest absolute Gasteiger partial charge is 0.391 e. The highest BCUT2D eigenvalue weighted by atomic mass is 16.6. The standard InChI is InChI=1S/C18H20N2O3/c1-2-12-5-3-6-13-9-14-10-20(11-15-7-4-8-22-15)18(21)23-17(14)19-16(12)13/h3,5-6,9,15H,2,4,7-8,10-11H2,1H3/t15-/m1/s1. The molecule has 0 radical (unpaired) electrons. The fourth-order valence-electron chi connectivity index (χ4n) is 3.36. The van der Waals surface area contributed by atoms with E-state index in [1.165, 1.54) is 5.56 Å². The van der Waals surface area contributed by atoms with Crippen LogP contribution in [0.1, 0.15) is 30.9 Å². The SMILES string of the molecule is CCc1cccc2cc3c(nc12)OC(=O)N(C[C@H]1CCCO1)C3. The molecular formula is C18H20N2O3. The van der Waals surface area contributed by atoms with Gasteiger partial charge < -0.3 is 14.4 Å². The fraction of sp³-hybridized carbons (Fsp3) is 0.444. The van der Waals surface area contributed by atoms with Crippen LogP contribution in [0.5, 0.6) is 5.88 Å². The first-order chi connectivity index (χ1) is 11.2. The monoisotopic (exact) mass is 312 g/mol. The number of benzene rings is 1. The quantitative estimate of drug-likeness (QED) is 0.872. The van der Waals surface area contributed by atoms with E-state index in [0.717, 1.165) is 42.3 Å². The Labute approximate surface area is 135 Å². The van der Waals surface area contributed by atoms with Gasteiger partial charge in [0.1, 0.15) is 0 Å². The molecule has 120 valence electrons. The molecule has 0 bridgehead atoms. The molecule has 4 rings (SSSR count). The summed E-state index contributed by atoms with van der Waals surface area (Å²) < 4.78 is 11.1. The van der Waals surface area contributed by atoms with Crippen LogP contribution in [0.25, 0.3) is 10.9 Å². The summed E-state index contributed by atoms with van der Waals surface area (Å²) in [5.74, 6) is 0.451. The lowest BCUT2D eigenvalue weighted by atomic mass is 10.1. The molecule has 1 aromatic heterocycles. The van der Waals surface area contributed by atoms with Crippen molar-refractivity contribution >= 4 is 17.0 Å². The van der Waals surface area contributed by atoms with Gasteiger partial charge in [-0.3, -0.25) is 0 Å². The lowest BCUT2D eigenvalue weighted by Crippen LogP contribution is -2.41. The molecule has 1 saturated heterocycles. The van der Waals surface area contributed by atoms with Crippen molar-refractivity contribution in [1.82, 2.24) is 9.88 Å². The molecule has 1 aromatic carbocycles. The summed E-state index contributed by atoms with van der Waals surface area (Å²) in [6.07, 6.45) is 2.78. The van der Waals surface area contributed by atoms with Crippen LogP contribution in [0.3, 0.4) is 0 Å². The molecule has 2 aromatic rings. The number of aromatic nitrogens is 1. The van der Waals surface area contributed by atoms with Gasteiger partial charge in [0.05, 0.1) is 24.7 Å². The van der Waals surface area contributed by atoms with Gasteiger partial charge in [0.15, 0.2) is 0 Å². The molecule has 2 aliphatic heterocycles. The molecular weight excluding hydrogens is 292 g/mol. The van der Waals surface area contributed by atoms with E-state index >= 15 is 0 Å². The Kier molecular flexibility index (Phi) is 3.65. The number of pyridine rings is 1. The number of hydrogen-bond donors (Lipinski definition) is 0. The van der Waals surface area contributed by atoms with Crippen molar-refractivity contribution in [2.45, 2.75) is 38.8 Å². The Bertz CT molecular complexity index is 753. The van der Waals surface area contributed by atoms with Crippen molar-refractivity contribution < 1.29 is 14.3 Å². The Balaban J connectivity index is 1.65.